The first kappa shape index (κ1) is 22.9. The Morgan fingerprint density at radius 2 is 2.00 bits per heavy atom. The Labute approximate surface area is 217 Å². The third-order valence-electron chi connectivity index (χ3n) is 7.14. The molecule has 4 aromatic rings. The molecule has 4 atom stereocenters. The van der Waals surface area contributed by atoms with Gasteiger partial charge < -0.3 is 29.6 Å². The SMILES string of the molecule is C=CCc1c(Cl)c(-c2ccc(-n3cc4c(n3)CNC4)cc2)nc2nc(O[C@@H]3CO[C@H]4[C@@H]3OC[C@H]4O)[nH]c12. The van der Waals surface area contributed by atoms with E-state index >= 15 is 0 Å². The lowest BCUT2D eigenvalue weighted by Gasteiger charge is -2.15. The lowest BCUT2D eigenvalue weighted by molar-refractivity contribution is 0.00706. The smallest absolute Gasteiger partial charge is 0.296 e. The maximum Gasteiger partial charge on any atom is 0.296 e. The molecule has 0 saturated carbocycles. The van der Waals surface area contributed by atoms with Crippen molar-refractivity contribution in [1.29, 1.82) is 0 Å². The van der Waals surface area contributed by atoms with Gasteiger partial charge in [-0.1, -0.05) is 29.8 Å². The van der Waals surface area contributed by atoms with Crippen molar-refractivity contribution in [3.8, 4) is 23.0 Å². The van der Waals surface area contributed by atoms with Gasteiger partial charge in [0.25, 0.3) is 6.01 Å². The van der Waals surface area contributed by atoms with Crippen LogP contribution in [0.15, 0.2) is 43.1 Å². The van der Waals surface area contributed by atoms with Crippen LogP contribution in [0, 0.1) is 0 Å². The second kappa shape index (κ2) is 8.93. The first-order valence-electron chi connectivity index (χ1n) is 12.2. The van der Waals surface area contributed by atoms with Gasteiger partial charge in [-0.15, -0.1) is 6.58 Å². The molecule has 37 heavy (non-hydrogen) atoms. The van der Waals surface area contributed by atoms with Gasteiger partial charge in [-0.25, -0.2) is 9.67 Å². The molecule has 1 aromatic carbocycles. The van der Waals surface area contributed by atoms with Gasteiger partial charge in [-0.05, 0) is 18.6 Å². The number of allylic oxidation sites excluding steroid dienone is 1. The summed E-state index contributed by atoms with van der Waals surface area (Å²) in [5, 5.41) is 18.5. The molecule has 0 spiro atoms. The van der Waals surface area contributed by atoms with E-state index in [-0.39, 0.29) is 24.9 Å². The molecule has 7 rings (SSSR count). The van der Waals surface area contributed by atoms with Gasteiger partial charge in [0, 0.05) is 36.0 Å². The maximum atomic E-state index is 10.0. The molecule has 11 heteroatoms. The van der Waals surface area contributed by atoms with Gasteiger partial charge >= 0.3 is 0 Å². The van der Waals surface area contributed by atoms with E-state index in [0.717, 1.165) is 35.6 Å². The molecule has 2 fully saturated rings. The Bertz CT molecular complexity index is 1480. The summed E-state index contributed by atoms with van der Waals surface area (Å²) >= 11 is 6.89. The highest BCUT2D eigenvalue weighted by atomic mass is 35.5. The number of halogens is 1. The summed E-state index contributed by atoms with van der Waals surface area (Å²) in [5.41, 5.74) is 6.81. The second-order valence-electron chi connectivity index (χ2n) is 9.50. The van der Waals surface area contributed by atoms with Crippen molar-refractivity contribution in [1.82, 2.24) is 30.0 Å². The summed E-state index contributed by atoms with van der Waals surface area (Å²) in [5.74, 6) is 0. The first-order chi connectivity index (χ1) is 18.1. The van der Waals surface area contributed by atoms with E-state index in [2.05, 4.69) is 33.2 Å². The fraction of sp³-hybridized carbons (Fsp3) is 0.346. The van der Waals surface area contributed by atoms with Gasteiger partial charge in [0.15, 0.2) is 11.8 Å². The zero-order chi connectivity index (χ0) is 25.1. The number of aliphatic hydroxyl groups excluding tert-OH is 1. The van der Waals surface area contributed by atoms with Crippen molar-refractivity contribution >= 4 is 22.8 Å². The van der Waals surface area contributed by atoms with Crippen molar-refractivity contribution in [3.63, 3.8) is 0 Å². The highest BCUT2D eigenvalue weighted by Gasteiger charge is 2.48. The van der Waals surface area contributed by atoms with Crippen LogP contribution < -0.4 is 10.1 Å². The van der Waals surface area contributed by atoms with Crippen LogP contribution in [-0.4, -0.2) is 67.5 Å². The van der Waals surface area contributed by atoms with Crippen molar-refractivity contribution in [2.24, 2.45) is 0 Å². The highest BCUT2D eigenvalue weighted by molar-refractivity contribution is 6.34. The van der Waals surface area contributed by atoms with Crippen LogP contribution in [-0.2, 0) is 29.0 Å². The molecule has 10 nitrogen and oxygen atoms in total. The van der Waals surface area contributed by atoms with Crippen LogP contribution >= 0.6 is 11.6 Å². The van der Waals surface area contributed by atoms with E-state index in [1.54, 1.807) is 6.08 Å². The first-order valence-corrected chi connectivity index (χ1v) is 12.6. The topological polar surface area (TPSA) is 119 Å². The summed E-state index contributed by atoms with van der Waals surface area (Å²) in [4.78, 5) is 12.6. The van der Waals surface area contributed by atoms with E-state index in [4.69, 9.17) is 30.8 Å². The molecule has 3 aliphatic heterocycles. The number of aromatic amines is 1. The van der Waals surface area contributed by atoms with E-state index < -0.39 is 6.10 Å². The zero-order valence-corrected chi connectivity index (χ0v) is 20.6. The minimum Gasteiger partial charge on any atom is -0.456 e. The summed E-state index contributed by atoms with van der Waals surface area (Å²) in [6, 6.07) is 8.29. The van der Waals surface area contributed by atoms with Crippen LogP contribution in [0.3, 0.4) is 0 Å². The van der Waals surface area contributed by atoms with E-state index in [1.807, 2.05) is 28.9 Å². The second-order valence-corrected chi connectivity index (χ2v) is 9.88. The lowest BCUT2D eigenvalue weighted by atomic mass is 10.1. The molecule has 0 radical (unpaired) electrons. The summed E-state index contributed by atoms with van der Waals surface area (Å²) < 4.78 is 19.3. The minimum absolute atomic E-state index is 0.234. The number of aromatic nitrogens is 5. The molecule has 3 aromatic heterocycles. The standard InChI is InChI=1S/C26H25ClN6O4/c1-2-3-16-20(27)21(13-4-6-15(7-5-13)33-10-14-8-28-9-17(14)32-33)29-25-22(16)30-26(31-25)37-19-12-36-23-18(34)11-35-24(19)23/h2,4-7,10,18-19,23-24,28,34H,1,3,8-9,11-12H2,(H,29,30,31)/t18-,19-,23-,24-/m1/s1. The maximum absolute atomic E-state index is 10.0. The van der Waals surface area contributed by atoms with Gasteiger partial charge in [-0.3, -0.25) is 0 Å². The number of benzene rings is 1. The Morgan fingerprint density at radius 3 is 2.81 bits per heavy atom. The predicted molar refractivity (Wildman–Crippen MR) is 136 cm³/mol. The largest absolute Gasteiger partial charge is 0.456 e. The Hall–Kier alpha value is -3.28. The van der Waals surface area contributed by atoms with Crippen LogP contribution in [0.4, 0.5) is 0 Å². The fourth-order valence-electron chi connectivity index (χ4n) is 5.27. The summed E-state index contributed by atoms with van der Waals surface area (Å²) in [6.07, 6.45) is 2.64. The number of nitrogens with one attached hydrogen (secondary N) is 2. The zero-order valence-electron chi connectivity index (χ0n) is 19.9. The average Bonchev–Trinajstić information content (AvgIpc) is 3.70. The van der Waals surface area contributed by atoms with Crippen molar-refractivity contribution in [2.45, 2.75) is 43.9 Å². The number of nitrogens with zero attached hydrogens (tertiary/aromatic N) is 4. The molecule has 190 valence electrons. The van der Waals surface area contributed by atoms with Crippen LogP contribution in [0.1, 0.15) is 16.8 Å². The number of imidazole rings is 1. The average molecular weight is 521 g/mol. The number of pyridine rings is 1. The molecule has 6 heterocycles. The number of fused-ring (bicyclic) bond motifs is 3. The normalized spacial score (nSPS) is 24.5. The van der Waals surface area contributed by atoms with Crippen LogP contribution in [0.25, 0.3) is 28.1 Å². The number of H-pyrrole nitrogens is 1. The van der Waals surface area contributed by atoms with Crippen molar-refractivity contribution in [3.05, 3.63) is 65.0 Å². The van der Waals surface area contributed by atoms with Crippen molar-refractivity contribution in [2.75, 3.05) is 13.2 Å². The Kier molecular flexibility index (Phi) is 5.52. The van der Waals surface area contributed by atoms with Gasteiger partial charge in [-0.2, -0.15) is 10.1 Å². The molecular formula is C26H25ClN6O4. The summed E-state index contributed by atoms with van der Waals surface area (Å²) in [6.45, 7) is 6.08. The Morgan fingerprint density at radius 1 is 1.16 bits per heavy atom. The monoisotopic (exact) mass is 520 g/mol. The molecule has 0 aliphatic carbocycles. The molecule has 0 amide bonds. The van der Waals surface area contributed by atoms with E-state index in [9.17, 15) is 5.11 Å². The fourth-order valence-corrected chi connectivity index (χ4v) is 5.60. The molecular weight excluding hydrogens is 496 g/mol. The third kappa shape index (κ3) is 3.84. The van der Waals surface area contributed by atoms with Crippen LogP contribution in [0.2, 0.25) is 5.02 Å². The van der Waals surface area contributed by atoms with Crippen LogP contribution in [0.5, 0.6) is 6.01 Å². The lowest BCUT2D eigenvalue weighted by Crippen LogP contribution is -2.34. The summed E-state index contributed by atoms with van der Waals surface area (Å²) in [7, 11) is 0. The highest BCUT2D eigenvalue weighted by Crippen LogP contribution is 2.36. The predicted octanol–water partition coefficient (Wildman–Crippen LogP) is 2.70. The van der Waals surface area contributed by atoms with E-state index in [0.29, 0.717) is 40.9 Å². The minimum atomic E-state index is -0.644. The molecule has 0 bridgehead atoms. The van der Waals surface area contributed by atoms with Gasteiger partial charge in [0.05, 0.1) is 40.8 Å². The number of rotatable bonds is 6. The number of aliphatic hydroxyl groups is 1. The van der Waals surface area contributed by atoms with E-state index in [1.165, 1.54) is 5.56 Å². The third-order valence-corrected chi connectivity index (χ3v) is 7.55. The molecule has 3 aliphatic rings. The van der Waals surface area contributed by atoms with Gasteiger partial charge in [0.1, 0.15) is 18.3 Å². The quantitative estimate of drug-likeness (QED) is 0.332. The van der Waals surface area contributed by atoms with Gasteiger partial charge in [0.2, 0.25) is 0 Å². The van der Waals surface area contributed by atoms with Crippen molar-refractivity contribution < 1.29 is 19.3 Å². The number of hydrogen-bond acceptors (Lipinski definition) is 8. The molecule has 0 unspecified atom stereocenters. The molecule has 2 saturated heterocycles. The number of hydrogen-bond donors (Lipinski definition) is 3. The Balaban J connectivity index is 1.21. The molecule has 3 N–H and O–H groups in total. The number of ether oxygens (including phenoxy) is 3.